The number of nitrogens with two attached hydrogens (primary N) is 1. The Kier molecular flexibility index (Phi) is 4.98. The summed E-state index contributed by atoms with van der Waals surface area (Å²) in [5.41, 5.74) is 8.85. The largest absolute Gasteiger partial charge is 0.347 e. The van der Waals surface area contributed by atoms with Gasteiger partial charge in [0.05, 0.1) is 18.9 Å². The molecular weight excluding hydrogens is 367 g/mol. The van der Waals surface area contributed by atoms with Gasteiger partial charge in [0, 0.05) is 30.1 Å². The molecule has 3 aliphatic rings. The third-order valence-corrected chi connectivity index (χ3v) is 6.79. The fourth-order valence-electron chi connectivity index (χ4n) is 5.47. The van der Waals surface area contributed by atoms with E-state index in [1.807, 2.05) is 18.2 Å². The fraction of sp³-hybridized carbons (Fsp3) is 0.458. The van der Waals surface area contributed by atoms with E-state index in [-0.39, 0.29) is 11.7 Å². The number of fused-ring (bicyclic) bond motifs is 1. The molecule has 5 heteroatoms. The summed E-state index contributed by atoms with van der Waals surface area (Å²) in [7, 11) is 0. The SMILES string of the molecule is NC1CC[C@H]2[C@@H](C1)CC1(OCCO1)[C@H]2C=Cc1ccc(-c2cccc(F)c2)cn1. The molecule has 2 aromatic rings. The predicted octanol–water partition coefficient (Wildman–Crippen LogP) is 4.41. The Hall–Kier alpha value is -2.08. The number of benzene rings is 1. The molecular formula is C24H27FN2O2. The van der Waals surface area contributed by atoms with Gasteiger partial charge in [-0.3, -0.25) is 4.98 Å². The molecule has 2 aliphatic carbocycles. The van der Waals surface area contributed by atoms with Crippen LogP contribution in [0.2, 0.25) is 0 Å². The Bertz CT molecular complexity index is 892. The lowest BCUT2D eigenvalue weighted by atomic mass is 9.76. The molecule has 0 amide bonds. The van der Waals surface area contributed by atoms with Crippen molar-refractivity contribution in [1.82, 2.24) is 4.98 Å². The topological polar surface area (TPSA) is 57.4 Å². The van der Waals surface area contributed by atoms with Crippen molar-refractivity contribution < 1.29 is 13.9 Å². The second-order valence-corrected chi connectivity index (χ2v) is 8.58. The molecule has 2 N–H and O–H groups in total. The Morgan fingerprint density at radius 3 is 2.72 bits per heavy atom. The summed E-state index contributed by atoms with van der Waals surface area (Å²) in [6, 6.07) is 10.8. The van der Waals surface area contributed by atoms with Crippen molar-refractivity contribution in [1.29, 1.82) is 0 Å². The normalized spacial score (nSPS) is 30.8. The van der Waals surface area contributed by atoms with E-state index in [0.29, 0.717) is 31.1 Å². The van der Waals surface area contributed by atoms with Crippen LogP contribution < -0.4 is 5.73 Å². The minimum atomic E-state index is -0.489. The molecule has 29 heavy (non-hydrogen) atoms. The number of ether oxygens (including phenoxy) is 2. The first-order valence-electron chi connectivity index (χ1n) is 10.6. The number of aromatic nitrogens is 1. The summed E-state index contributed by atoms with van der Waals surface area (Å²) < 4.78 is 25.8. The van der Waals surface area contributed by atoms with Gasteiger partial charge < -0.3 is 15.2 Å². The van der Waals surface area contributed by atoms with Gasteiger partial charge in [0.2, 0.25) is 0 Å². The van der Waals surface area contributed by atoms with Crippen molar-refractivity contribution in [2.75, 3.05) is 13.2 Å². The standard InChI is InChI=1S/C24H27FN2O2/c25-19-3-1-2-16(12-19)17-4-6-21(27-15-17)7-9-23-22-8-5-20(26)13-18(22)14-24(23)28-10-11-29-24/h1-4,6-7,9,12,15,18,20,22-23H,5,8,10-11,13-14,26H2/t18-,20?,22-,23-/m0/s1. The van der Waals surface area contributed by atoms with Crippen LogP contribution in [-0.2, 0) is 9.47 Å². The van der Waals surface area contributed by atoms with Crippen LogP contribution in [0.15, 0.2) is 48.7 Å². The summed E-state index contributed by atoms with van der Waals surface area (Å²) in [5, 5.41) is 0. The zero-order valence-electron chi connectivity index (χ0n) is 16.5. The smallest absolute Gasteiger partial charge is 0.175 e. The Labute approximate surface area is 170 Å². The van der Waals surface area contributed by atoms with Crippen LogP contribution in [0.5, 0.6) is 0 Å². The molecule has 1 aromatic carbocycles. The number of nitrogens with zero attached hydrogens (tertiary/aromatic N) is 1. The summed E-state index contributed by atoms with van der Waals surface area (Å²) >= 11 is 0. The van der Waals surface area contributed by atoms with Gasteiger partial charge in [0.15, 0.2) is 5.79 Å². The minimum Gasteiger partial charge on any atom is -0.347 e. The molecule has 3 fully saturated rings. The average molecular weight is 394 g/mol. The molecule has 2 saturated carbocycles. The van der Waals surface area contributed by atoms with Crippen LogP contribution in [0.25, 0.3) is 17.2 Å². The maximum absolute atomic E-state index is 13.5. The molecule has 5 rings (SSSR count). The van der Waals surface area contributed by atoms with Gasteiger partial charge in [-0.1, -0.05) is 24.3 Å². The molecule has 2 heterocycles. The number of hydrogen-bond donors (Lipinski definition) is 1. The molecule has 1 spiro atoms. The van der Waals surface area contributed by atoms with Crippen LogP contribution in [0.1, 0.15) is 31.4 Å². The van der Waals surface area contributed by atoms with Gasteiger partial charge in [0.25, 0.3) is 0 Å². The third-order valence-electron chi connectivity index (χ3n) is 6.79. The highest BCUT2D eigenvalue weighted by Gasteiger charge is 2.56. The first-order chi connectivity index (χ1) is 14.1. The molecule has 1 unspecified atom stereocenters. The molecule has 0 radical (unpaired) electrons. The van der Waals surface area contributed by atoms with Crippen molar-refractivity contribution in [3.8, 4) is 11.1 Å². The second kappa shape index (κ2) is 7.63. The van der Waals surface area contributed by atoms with Crippen molar-refractivity contribution in [2.24, 2.45) is 23.5 Å². The number of halogens is 1. The summed E-state index contributed by atoms with van der Waals surface area (Å²) in [5.74, 6) is 0.617. The van der Waals surface area contributed by atoms with Gasteiger partial charge in [-0.15, -0.1) is 0 Å². The molecule has 1 aromatic heterocycles. The van der Waals surface area contributed by atoms with Crippen LogP contribution in [0.3, 0.4) is 0 Å². The quantitative estimate of drug-likeness (QED) is 0.838. The summed E-state index contributed by atoms with van der Waals surface area (Å²) in [6.07, 6.45) is 10.3. The zero-order chi connectivity index (χ0) is 19.8. The number of pyridine rings is 1. The van der Waals surface area contributed by atoms with Crippen molar-refractivity contribution >= 4 is 6.08 Å². The van der Waals surface area contributed by atoms with Gasteiger partial charge >= 0.3 is 0 Å². The van der Waals surface area contributed by atoms with Gasteiger partial charge in [-0.2, -0.15) is 0 Å². The first kappa shape index (κ1) is 18.9. The Morgan fingerprint density at radius 2 is 1.97 bits per heavy atom. The van der Waals surface area contributed by atoms with E-state index in [1.165, 1.54) is 12.1 Å². The monoisotopic (exact) mass is 394 g/mol. The molecule has 152 valence electrons. The zero-order valence-corrected chi connectivity index (χ0v) is 16.5. The lowest BCUT2D eigenvalue weighted by Crippen LogP contribution is -2.36. The fourth-order valence-corrected chi connectivity index (χ4v) is 5.47. The van der Waals surface area contributed by atoms with Gasteiger partial charge in [-0.05, 0) is 60.9 Å². The van der Waals surface area contributed by atoms with E-state index in [4.69, 9.17) is 15.2 Å². The minimum absolute atomic E-state index is 0.229. The highest BCUT2D eigenvalue weighted by atomic mass is 19.1. The van der Waals surface area contributed by atoms with E-state index in [1.54, 1.807) is 12.3 Å². The lowest BCUT2D eigenvalue weighted by Gasteiger charge is -2.32. The van der Waals surface area contributed by atoms with E-state index in [2.05, 4.69) is 17.1 Å². The second-order valence-electron chi connectivity index (χ2n) is 8.58. The lowest BCUT2D eigenvalue weighted by molar-refractivity contribution is -0.175. The van der Waals surface area contributed by atoms with E-state index in [9.17, 15) is 4.39 Å². The summed E-state index contributed by atoms with van der Waals surface area (Å²) in [6.45, 7) is 1.33. The number of rotatable bonds is 3. The highest BCUT2D eigenvalue weighted by Crippen LogP contribution is 2.54. The van der Waals surface area contributed by atoms with Crippen LogP contribution >= 0.6 is 0 Å². The maximum Gasteiger partial charge on any atom is 0.175 e. The van der Waals surface area contributed by atoms with E-state index >= 15 is 0 Å². The molecule has 0 bridgehead atoms. The van der Waals surface area contributed by atoms with Gasteiger partial charge in [0.1, 0.15) is 5.82 Å². The molecule has 4 nitrogen and oxygen atoms in total. The molecule has 1 aliphatic heterocycles. The van der Waals surface area contributed by atoms with E-state index < -0.39 is 5.79 Å². The van der Waals surface area contributed by atoms with Gasteiger partial charge in [-0.25, -0.2) is 4.39 Å². The molecule has 1 saturated heterocycles. The highest BCUT2D eigenvalue weighted by molar-refractivity contribution is 5.63. The Balaban J connectivity index is 1.37. The maximum atomic E-state index is 13.5. The van der Waals surface area contributed by atoms with Crippen LogP contribution in [0.4, 0.5) is 4.39 Å². The molecule has 4 atom stereocenters. The first-order valence-corrected chi connectivity index (χ1v) is 10.6. The summed E-state index contributed by atoms with van der Waals surface area (Å²) in [4.78, 5) is 4.57. The van der Waals surface area contributed by atoms with Crippen molar-refractivity contribution in [3.63, 3.8) is 0 Å². The van der Waals surface area contributed by atoms with E-state index in [0.717, 1.165) is 42.5 Å². The van der Waals surface area contributed by atoms with Crippen LogP contribution in [0, 0.1) is 23.6 Å². The van der Waals surface area contributed by atoms with Crippen LogP contribution in [-0.4, -0.2) is 30.0 Å². The number of hydrogen-bond acceptors (Lipinski definition) is 4. The Morgan fingerprint density at radius 1 is 1.10 bits per heavy atom. The average Bonchev–Trinajstić information content (AvgIpc) is 3.31. The van der Waals surface area contributed by atoms with Crippen molar-refractivity contribution in [2.45, 2.75) is 37.5 Å². The third kappa shape index (κ3) is 3.63. The van der Waals surface area contributed by atoms with Crippen molar-refractivity contribution in [3.05, 3.63) is 60.2 Å². The predicted molar refractivity (Wildman–Crippen MR) is 110 cm³/mol.